The quantitative estimate of drug-likeness (QED) is 0.260. The standard InChI is InChI=1S/C24H24O4/c1-5-21(17-9-13-19(14-10-17)27-23(25)7-3)22(6-2)18-11-15-20(16-12-18)28-24(26)8-4/h7-16H,3-6H2,1-2H3/b22-21+. The Balaban J connectivity index is 2.33. The minimum Gasteiger partial charge on any atom is -0.423 e. The first kappa shape index (κ1) is 20.9. The molecule has 0 heterocycles. The monoisotopic (exact) mass is 376 g/mol. The molecule has 0 radical (unpaired) electrons. The Kier molecular flexibility index (Phi) is 7.52. The summed E-state index contributed by atoms with van der Waals surface area (Å²) >= 11 is 0. The average Bonchev–Trinajstić information content (AvgIpc) is 2.73. The predicted molar refractivity (Wildman–Crippen MR) is 112 cm³/mol. The molecule has 2 aromatic carbocycles. The highest BCUT2D eigenvalue weighted by Crippen LogP contribution is 2.33. The van der Waals surface area contributed by atoms with Crippen molar-refractivity contribution in [2.24, 2.45) is 0 Å². The molecule has 4 nitrogen and oxygen atoms in total. The number of rotatable bonds is 8. The normalized spacial score (nSPS) is 11.2. The van der Waals surface area contributed by atoms with Gasteiger partial charge in [0.1, 0.15) is 11.5 Å². The van der Waals surface area contributed by atoms with Gasteiger partial charge in [0, 0.05) is 12.2 Å². The molecule has 0 aliphatic carbocycles. The van der Waals surface area contributed by atoms with Gasteiger partial charge in [0.15, 0.2) is 0 Å². The zero-order valence-electron chi connectivity index (χ0n) is 16.2. The molecular weight excluding hydrogens is 352 g/mol. The van der Waals surface area contributed by atoms with Gasteiger partial charge in [-0.1, -0.05) is 51.3 Å². The molecule has 0 aromatic heterocycles. The van der Waals surface area contributed by atoms with Crippen LogP contribution in [0.2, 0.25) is 0 Å². The molecule has 0 unspecified atom stereocenters. The van der Waals surface area contributed by atoms with E-state index in [0.29, 0.717) is 11.5 Å². The van der Waals surface area contributed by atoms with E-state index in [0.717, 1.165) is 36.1 Å². The average molecular weight is 376 g/mol. The molecule has 0 atom stereocenters. The van der Waals surface area contributed by atoms with Crippen LogP contribution in [0.15, 0.2) is 73.8 Å². The van der Waals surface area contributed by atoms with Crippen molar-refractivity contribution in [1.82, 2.24) is 0 Å². The van der Waals surface area contributed by atoms with Crippen LogP contribution >= 0.6 is 0 Å². The molecule has 0 amide bonds. The maximum atomic E-state index is 11.3. The van der Waals surface area contributed by atoms with E-state index in [1.54, 1.807) is 24.3 Å². The van der Waals surface area contributed by atoms with Crippen LogP contribution in [-0.2, 0) is 9.59 Å². The van der Waals surface area contributed by atoms with E-state index in [2.05, 4.69) is 27.0 Å². The molecule has 2 aromatic rings. The first-order valence-corrected chi connectivity index (χ1v) is 9.13. The van der Waals surface area contributed by atoms with Crippen molar-refractivity contribution in [3.8, 4) is 11.5 Å². The zero-order valence-corrected chi connectivity index (χ0v) is 16.2. The van der Waals surface area contributed by atoms with Gasteiger partial charge >= 0.3 is 11.9 Å². The van der Waals surface area contributed by atoms with E-state index in [9.17, 15) is 9.59 Å². The number of carbonyl (C=O) groups is 2. The fraction of sp³-hybridized carbons (Fsp3) is 0.167. The van der Waals surface area contributed by atoms with Crippen molar-refractivity contribution in [2.75, 3.05) is 0 Å². The van der Waals surface area contributed by atoms with Crippen molar-refractivity contribution >= 4 is 23.1 Å². The Hall–Kier alpha value is -3.40. The third kappa shape index (κ3) is 5.30. The summed E-state index contributed by atoms with van der Waals surface area (Å²) < 4.78 is 10.3. The molecule has 2 rings (SSSR count). The highest BCUT2D eigenvalue weighted by atomic mass is 16.5. The van der Waals surface area contributed by atoms with Crippen LogP contribution in [0, 0.1) is 0 Å². The van der Waals surface area contributed by atoms with E-state index >= 15 is 0 Å². The second kappa shape index (κ2) is 10.1. The minimum absolute atomic E-state index is 0.481. The van der Waals surface area contributed by atoms with Crippen LogP contribution in [0.4, 0.5) is 0 Å². The predicted octanol–water partition coefficient (Wildman–Crippen LogP) is 5.60. The number of hydrogen-bond acceptors (Lipinski definition) is 4. The van der Waals surface area contributed by atoms with Gasteiger partial charge < -0.3 is 9.47 Å². The molecule has 0 bridgehead atoms. The van der Waals surface area contributed by atoms with E-state index in [-0.39, 0.29) is 0 Å². The zero-order chi connectivity index (χ0) is 20.5. The summed E-state index contributed by atoms with van der Waals surface area (Å²) in [5.74, 6) is 0.00192. The number of ether oxygens (including phenoxy) is 2. The van der Waals surface area contributed by atoms with Crippen molar-refractivity contribution in [1.29, 1.82) is 0 Å². The summed E-state index contributed by atoms with van der Waals surface area (Å²) in [6, 6.07) is 14.9. The summed E-state index contributed by atoms with van der Waals surface area (Å²) in [5, 5.41) is 0. The van der Waals surface area contributed by atoms with Crippen molar-refractivity contribution in [3.63, 3.8) is 0 Å². The first-order valence-electron chi connectivity index (χ1n) is 9.13. The maximum Gasteiger partial charge on any atom is 0.335 e. The Labute approximate surface area is 165 Å². The van der Waals surface area contributed by atoms with Crippen LogP contribution in [-0.4, -0.2) is 11.9 Å². The second-order valence-electron chi connectivity index (χ2n) is 5.96. The molecule has 0 saturated heterocycles. The van der Waals surface area contributed by atoms with Crippen LogP contribution in [0.3, 0.4) is 0 Å². The van der Waals surface area contributed by atoms with Crippen molar-refractivity contribution < 1.29 is 19.1 Å². The lowest BCUT2D eigenvalue weighted by molar-refractivity contribution is -0.129. The van der Waals surface area contributed by atoms with E-state index in [1.807, 2.05) is 24.3 Å². The maximum absolute atomic E-state index is 11.3. The number of allylic oxidation sites excluding steroid dienone is 2. The smallest absolute Gasteiger partial charge is 0.335 e. The second-order valence-corrected chi connectivity index (χ2v) is 5.96. The van der Waals surface area contributed by atoms with Crippen LogP contribution in [0.5, 0.6) is 11.5 Å². The summed E-state index contributed by atoms with van der Waals surface area (Å²) in [4.78, 5) is 22.6. The number of esters is 2. The Bertz CT molecular complexity index is 812. The third-order valence-corrected chi connectivity index (χ3v) is 4.25. The Morgan fingerprint density at radius 3 is 1.29 bits per heavy atom. The third-order valence-electron chi connectivity index (χ3n) is 4.25. The van der Waals surface area contributed by atoms with Gasteiger partial charge in [0.2, 0.25) is 0 Å². The lowest BCUT2D eigenvalue weighted by Crippen LogP contribution is -2.03. The first-order chi connectivity index (χ1) is 13.5. The lowest BCUT2D eigenvalue weighted by Gasteiger charge is -2.15. The molecule has 28 heavy (non-hydrogen) atoms. The molecule has 0 spiro atoms. The van der Waals surface area contributed by atoms with Gasteiger partial charge in [0.25, 0.3) is 0 Å². The topological polar surface area (TPSA) is 52.6 Å². The van der Waals surface area contributed by atoms with E-state index < -0.39 is 11.9 Å². The molecule has 4 heteroatoms. The van der Waals surface area contributed by atoms with Gasteiger partial charge in [-0.05, 0) is 59.4 Å². The van der Waals surface area contributed by atoms with Crippen molar-refractivity contribution in [2.45, 2.75) is 26.7 Å². The fourth-order valence-corrected chi connectivity index (χ4v) is 2.95. The molecule has 0 N–H and O–H groups in total. The van der Waals surface area contributed by atoms with Crippen LogP contribution < -0.4 is 9.47 Å². The summed E-state index contributed by atoms with van der Waals surface area (Å²) in [6.07, 6.45) is 3.97. The molecular formula is C24H24O4. The van der Waals surface area contributed by atoms with Gasteiger partial charge in [-0.2, -0.15) is 0 Å². The molecule has 0 fully saturated rings. The number of carbonyl (C=O) groups excluding carboxylic acids is 2. The highest BCUT2D eigenvalue weighted by molar-refractivity contribution is 5.91. The summed E-state index contributed by atoms with van der Waals surface area (Å²) in [7, 11) is 0. The molecule has 144 valence electrons. The van der Waals surface area contributed by atoms with Crippen LogP contribution in [0.1, 0.15) is 37.8 Å². The van der Waals surface area contributed by atoms with Gasteiger partial charge in [-0.3, -0.25) is 0 Å². The molecule has 0 aliphatic rings. The summed E-state index contributed by atoms with van der Waals surface area (Å²) in [6.45, 7) is 11.0. The molecule has 0 saturated carbocycles. The van der Waals surface area contributed by atoms with Gasteiger partial charge in [-0.25, -0.2) is 9.59 Å². The Morgan fingerprint density at radius 1 is 0.714 bits per heavy atom. The van der Waals surface area contributed by atoms with Gasteiger partial charge in [-0.15, -0.1) is 0 Å². The fourth-order valence-electron chi connectivity index (χ4n) is 2.95. The summed E-state index contributed by atoms with van der Waals surface area (Å²) in [5.41, 5.74) is 4.56. The lowest BCUT2D eigenvalue weighted by atomic mass is 9.91. The van der Waals surface area contributed by atoms with E-state index in [4.69, 9.17) is 9.47 Å². The van der Waals surface area contributed by atoms with Crippen molar-refractivity contribution in [3.05, 3.63) is 85.0 Å². The Morgan fingerprint density at radius 2 is 1.04 bits per heavy atom. The molecule has 0 aliphatic heterocycles. The largest absolute Gasteiger partial charge is 0.423 e. The SMILES string of the molecule is C=CC(=O)Oc1ccc(/C(CC)=C(\CC)c2ccc(OC(=O)C=C)cc2)cc1. The minimum atomic E-state index is -0.481. The highest BCUT2D eigenvalue weighted by Gasteiger charge is 2.10. The van der Waals surface area contributed by atoms with Crippen LogP contribution in [0.25, 0.3) is 11.1 Å². The van der Waals surface area contributed by atoms with Gasteiger partial charge in [0.05, 0.1) is 0 Å². The number of benzene rings is 2. The number of hydrogen-bond donors (Lipinski definition) is 0. The van der Waals surface area contributed by atoms with E-state index in [1.165, 1.54) is 11.1 Å².